The smallest absolute Gasteiger partial charge is 0.234 e. The van der Waals surface area contributed by atoms with Crippen LogP contribution in [0.3, 0.4) is 0 Å². The van der Waals surface area contributed by atoms with Crippen LogP contribution in [-0.2, 0) is 14.8 Å². The molecule has 2 aliphatic rings. The molecule has 0 spiro atoms. The fourth-order valence-corrected chi connectivity index (χ4v) is 5.68. The maximum absolute atomic E-state index is 15.0. The van der Waals surface area contributed by atoms with Gasteiger partial charge >= 0.3 is 0 Å². The van der Waals surface area contributed by atoms with Gasteiger partial charge in [-0.15, -0.1) is 11.8 Å². The first-order valence-electron chi connectivity index (χ1n) is 9.88. The molecule has 1 saturated carbocycles. The van der Waals surface area contributed by atoms with Crippen molar-refractivity contribution in [1.82, 2.24) is 9.97 Å². The lowest BCUT2D eigenvalue weighted by atomic mass is 10.1. The highest BCUT2D eigenvalue weighted by Crippen LogP contribution is 2.43. The number of nitrogens with zero attached hydrogens (tertiary/aromatic N) is 2. The van der Waals surface area contributed by atoms with E-state index in [0.717, 1.165) is 23.8 Å². The highest BCUT2D eigenvalue weighted by atomic mass is 35.5. The Morgan fingerprint density at radius 2 is 2.06 bits per heavy atom. The Bertz CT molecular complexity index is 1150. The number of benzene rings is 1. The first kappa shape index (κ1) is 23.0. The van der Waals surface area contributed by atoms with Crippen molar-refractivity contribution < 1.29 is 22.0 Å². The quantitative estimate of drug-likeness (QED) is 0.477. The fourth-order valence-electron chi connectivity index (χ4n) is 3.17. The Morgan fingerprint density at radius 1 is 1.28 bits per heavy atom. The number of rotatable bonds is 9. The van der Waals surface area contributed by atoms with Crippen LogP contribution in [0.4, 0.5) is 26.0 Å². The fraction of sp³-hybridized carbons (Fsp3) is 0.421. The van der Waals surface area contributed by atoms with Crippen LogP contribution in [-0.4, -0.2) is 48.5 Å². The van der Waals surface area contributed by atoms with Gasteiger partial charge in [0.2, 0.25) is 15.9 Å². The first-order chi connectivity index (χ1) is 15.3. The number of sulfonamides is 1. The minimum atomic E-state index is -3.96. The molecule has 1 unspecified atom stereocenters. The molecule has 0 radical (unpaired) electrons. The topological polar surface area (TPSA) is 113 Å². The van der Waals surface area contributed by atoms with Gasteiger partial charge in [0.25, 0.3) is 0 Å². The number of hydrogen-bond donors (Lipinski definition) is 3. The minimum Gasteiger partial charge on any atom is -0.366 e. The summed E-state index contributed by atoms with van der Waals surface area (Å²) in [7, 11) is -3.96. The summed E-state index contributed by atoms with van der Waals surface area (Å²) in [5.74, 6) is -1.62. The SMILES string of the molecule is O=C(Nc1c(Cl)ccc(NS(=O)(=O)CCCF)c1F)C1CSc2c(NC3CC3)ncnc21. The summed E-state index contributed by atoms with van der Waals surface area (Å²) in [6.07, 6.45) is 3.31. The molecule has 0 saturated heterocycles. The van der Waals surface area contributed by atoms with Crippen molar-refractivity contribution in [2.45, 2.75) is 36.1 Å². The molecule has 3 N–H and O–H groups in total. The highest BCUT2D eigenvalue weighted by Gasteiger charge is 2.35. The Kier molecular flexibility index (Phi) is 6.72. The molecule has 0 bridgehead atoms. The molecule has 1 aromatic heterocycles. The van der Waals surface area contributed by atoms with Crippen LogP contribution in [0.2, 0.25) is 5.02 Å². The van der Waals surface area contributed by atoms with Crippen LogP contribution in [0.5, 0.6) is 0 Å². The summed E-state index contributed by atoms with van der Waals surface area (Å²) in [5.41, 5.74) is -0.181. The van der Waals surface area contributed by atoms with Gasteiger partial charge in [-0.3, -0.25) is 13.9 Å². The number of fused-ring (bicyclic) bond motifs is 1. The monoisotopic (exact) mass is 503 g/mol. The van der Waals surface area contributed by atoms with Gasteiger partial charge in [-0.2, -0.15) is 0 Å². The van der Waals surface area contributed by atoms with Crippen molar-refractivity contribution in [2.75, 3.05) is 33.5 Å². The zero-order chi connectivity index (χ0) is 22.9. The number of hydrogen-bond acceptors (Lipinski definition) is 7. The number of amides is 1. The van der Waals surface area contributed by atoms with Crippen molar-refractivity contribution in [3.8, 4) is 0 Å². The molecule has 1 atom stereocenters. The number of nitrogens with one attached hydrogen (secondary N) is 3. The molecule has 2 heterocycles. The number of carbonyl (C=O) groups excluding carboxylic acids is 1. The second kappa shape index (κ2) is 9.36. The van der Waals surface area contributed by atoms with Gasteiger partial charge in [-0.25, -0.2) is 22.8 Å². The van der Waals surface area contributed by atoms with Gasteiger partial charge in [0, 0.05) is 11.8 Å². The number of thioether (sulfide) groups is 1. The van der Waals surface area contributed by atoms with E-state index in [-0.39, 0.29) is 22.8 Å². The lowest BCUT2D eigenvalue weighted by Crippen LogP contribution is -2.23. The van der Waals surface area contributed by atoms with E-state index in [9.17, 15) is 17.6 Å². The molecule has 2 aromatic rings. The van der Waals surface area contributed by atoms with E-state index >= 15 is 4.39 Å². The normalized spacial score (nSPS) is 17.7. The molecular weight excluding hydrogens is 484 g/mol. The van der Waals surface area contributed by atoms with Crippen LogP contribution in [0.25, 0.3) is 0 Å². The van der Waals surface area contributed by atoms with Crippen molar-refractivity contribution in [2.24, 2.45) is 0 Å². The van der Waals surface area contributed by atoms with Gasteiger partial charge in [0.15, 0.2) is 5.82 Å². The average Bonchev–Trinajstić information content (AvgIpc) is 3.46. The molecule has 1 aliphatic carbocycles. The predicted molar refractivity (Wildman–Crippen MR) is 120 cm³/mol. The van der Waals surface area contributed by atoms with Gasteiger partial charge in [-0.05, 0) is 31.4 Å². The maximum atomic E-state index is 15.0. The maximum Gasteiger partial charge on any atom is 0.234 e. The summed E-state index contributed by atoms with van der Waals surface area (Å²) in [4.78, 5) is 22.3. The summed E-state index contributed by atoms with van der Waals surface area (Å²) in [5, 5.41) is 5.69. The van der Waals surface area contributed by atoms with E-state index in [1.165, 1.54) is 24.2 Å². The first-order valence-corrected chi connectivity index (χ1v) is 12.9. The number of anilines is 3. The molecular formula is C19H20ClF2N5O3S2. The lowest BCUT2D eigenvalue weighted by Gasteiger charge is -2.16. The van der Waals surface area contributed by atoms with E-state index < -0.39 is 40.1 Å². The van der Waals surface area contributed by atoms with Crippen LogP contribution < -0.4 is 15.4 Å². The summed E-state index contributed by atoms with van der Waals surface area (Å²) < 4.78 is 53.4. The molecule has 1 fully saturated rings. The third kappa shape index (κ3) is 5.07. The van der Waals surface area contributed by atoms with E-state index in [4.69, 9.17) is 11.6 Å². The van der Waals surface area contributed by atoms with E-state index in [2.05, 4.69) is 25.3 Å². The molecule has 8 nitrogen and oxygen atoms in total. The molecule has 4 rings (SSSR count). The largest absolute Gasteiger partial charge is 0.366 e. The Labute approximate surface area is 193 Å². The Balaban J connectivity index is 1.53. The molecule has 32 heavy (non-hydrogen) atoms. The molecule has 1 aliphatic heterocycles. The molecule has 172 valence electrons. The third-order valence-corrected chi connectivity index (χ3v) is 7.81. The summed E-state index contributed by atoms with van der Waals surface area (Å²) in [6.45, 7) is -0.812. The Morgan fingerprint density at radius 3 is 2.78 bits per heavy atom. The number of alkyl halides is 1. The summed E-state index contributed by atoms with van der Waals surface area (Å²) >= 11 is 7.52. The zero-order valence-corrected chi connectivity index (χ0v) is 19.1. The molecule has 1 amide bonds. The number of aromatic nitrogens is 2. The van der Waals surface area contributed by atoms with Crippen molar-refractivity contribution in [3.05, 3.63) is 35.0 Å². The third-order valence-electron chi connectivity index (χ3n) is 4.94. The van der Waals surface area contributed by atoms with E-state index in [1.54, 1.807) is 0 Å². The van der Waals surface area contributed by atoms with Gasteiger partial charge in [0.05, 0.1) is 45.3 Å². The van der Waals surface area contributed by atoms with Gasteiger partial charge in [0.1, 0.15) is 12.1 Å². The molecule has 1 aromatic carbocycles. The predicted octanol–water partition coefficient (Wildman–Crippen LogP) is 3.77. The Hall–Kier alpha value is -2.18. The van der Waals surface area contributed by atoms with Gasteiger partial charge < -0.3 is 10.6 Å². The van der Waals surface area contributed by atoms with E-state index in [1.807, 2.05) is 0 Å². The van der Waals surface area contributed by atoms with Crippen LogP contribution in [0.15, 0.2) is 23.4 Å². The van der Waals surface area contributed by atoms with Crippen LogP contribution in [0.1, 0.15) is 30.9 Å². The zero-order valence-electron chi connectivity index (χ0n) is 16.7. The van der Waals surface area contributed by atoms with Crippen molar-refractivity contribution in [3.63, 3.8) is 0 Å². The average molecular weight is 504 g/mol. The second-order valence-electron chi connectivity index (χ2n) is 7.46. The van der Waals surface area contributed by atoms with Crippen LogP contribution in [0, 0.1) is 5.82 Å². The summed E-state index contributed by atoms with van der Waals surface area (Å²) in [6, 6.07) is 2.79. The van der Waals surface area contributed by atoms with Crippen molar-refractivity contribution in [1.29, 1.82) is 0 Å². The number of carbonyl (C=O) groups is 1. The standard InChI is InChI=1S/C19H20ClF2N5O3S2/c20-12-4-5-13(27-32(29,30)7-1-6-21)14(22)16(12)26-19(28)11-8-31-17-15(11)23-9-24-18(17)25-10-2-3-10/h4-5,9-11,27H,1-3,6-8H2,(H,26,28)(H,23,24,25). The van der Waals surface area contributed by atoms with E-state index in [0.29, 0.717) is 23.3 Å². The minimum absolute atomic E-state index is 0.0905. The van der Waals surface area contributed by atoms with Crippen LogP contribution >= 0.6 is 23.4 Å². The lowest BCUT2D eigenvalue weighted by molar-refractivity contribution is -0.117. The second-order valence-corrected chi connectivity index (χ2v) is 10.7. The highest BCUT2D eigenvalue weighted by molar-refractivity contribution is 7.99. The van der Waals surface area contributed by atoms with Gasteiger partial charge in [-0.1, -0.05) is 11.6 Å². The number of halogens is 3. The van der Waals surface area contributed by atoms with Crippen molar-refractivity contribution >= 4 is 56.5 Å². The molecule has 13 heteroatoms.